The Kier molecular flexibility index (Phi) is 1.89. The second kappa shape index (κ2) is 3.45. The van der Waals surface area contributed by atoms with Gasteiger partial charge in [-0.25, -0.2) is 9.78 Å². The lowest BCUT2D eigenvalue weighted by Crippen LogP contribution is -2.15. The monoisotopic (exact) mass is 241 g/mol. The van der Waals surface area contributed by atoms with E-state index in [0.29, 0.717) is 16.7 Å². The van der Waals surface area contributed by atoms with Gasteiger partial charge in [0.1, 0.15) is 0 Å². The molecule has 0 N–H and O–H groups in total. The number of aromatic nitrogens is 1. The molecule has 0 amide bonds. The molecular weight excluding hydrogens is 230 g/mol. The number of fused-ring (bicyclic) bond motifs is 5. The zero-order valence-corrected chi connectivity index (χ0v) is 9.73. The van der Waals surface area contributed by atoms with Crippen molar-refractivity contribution in [2.45, 2.75) is 25.7 Å². The van der Waals surface area contributed by atoms with E-state index in [1.807, 2.05) is 12.1 Å². The van der Waals surface area contributed by atoms with E-state index in [0.717, 1.165) is 42.2 Å². The average molecular weight is 241 g/mol. The summed E-state index contributed by atoms with van der Waals surface area (Å²) < 4.78 is 10.7. The molecule has 0 bridgehead atoms. The fraction of sp³-hybridized carbons (Fsp3) is 0.286. The van der Waals surface area contributed by atoms with Gasteiger partial charge in [-0.15, -0.1) is 0 Å². The minimum absolute atomic E-state index is 0.215. The largest absolute Gasteiger partial charge is 0.443 e. The highest BCUT2D eigenvalue weighted by Crippen LogP contribution is 2.30. The van der Waals surface area contributed by atoms with Crippen LogP contribution in [0.5, 0.6) is 0 Å². The molecule has 0 fully saturated rings. The van der Waals surface area contributed by atoms with Crippen molar-refractivity contribution in [2.75, 3.05) is 0 Å². The predicted molar refractivity (Wildman–Crippen MR) is 66.7 cm³/mol. The second-order valence-corrected chi connectivity index (χ2v) is 4.70. The van der Waals surface area contributed by atoms with Gasteiger partial charge in [0.2, 0.25) is 0 Å². The van der Waals surface area contributed by atoms with Gasteiger partial charge in [-0.05, 0) is 43.4 Å². The van der Waals surface area contributed by atoms with E-state index in [2.05, 4.69) is 4.98 Å². The predicted octanol–water partition coefficient (Wildman–Crippen LogP) is 2.81. The van der Waals surface area contributed by atoms with Crippen molar-refractivity contribution < 1.29 is 8.83 Å². The van der Waals surface area contributed by atoms with Crippen LogP contribution >= 0.6 is 0 Å². The molecule has 2 heterocycles. The number of benzene rings is 1. The first-order valence-corrected chi connectivity index (χ1v) is 6.15. The molecule has 3 aromatic rings. The Labute approximate surface area is 102 Å². The molecule has 0 unspecified atom stereocenters. The van der Waals surface area contributed by atoms with E-state index in [4.69, 9.17) is 8.83 Å². The standard InChI is InChI=1S/C14H11NO3/c16-14-10-4-2-1-3-8(10)9-5-6-11-12(13(9)18-14)15-7-17-11/h5-7H,1-4H2. The number of aryl methyl sites for hydroxylation is 1. The zero-order valence-electron chi connectivity index (χ0n) is 9.73. The zero-order chi connectivity index (χ0) is 12.1. The molecule has 4 nitrogen and oxygen atoms in total. The summed E-state index contributed by atoms with van der Waals surface area (Å²) in [6, 6.07) is 3.86. The van der Waals surface area contributed by atoms with E-state index >= 15 is 0 Å². The molecule has 90 valence electrons. The molecule has 0 atom stereocenters. The Morgan fingerprint density at radius 3 is 2.83 bits per heavy atom. The van der Waals surface area contributed by atoms with E-state index in [1.165, 1.54) is 6.39 Å². The Morgan fingerprint density at radius 1 is 1.11 bits per heavy atom. The summed E-state index contributed by atoms with van der Waals surface area (Å²) >= 11 is 0. The van der Waals surface area contributed by atoms with Gasteiger partial charge in [-0.2, -0.15) is 0 Å². The van der Waals surface area contributed by atoms with Gasteiger partial charge in [0.25, 0.3) is 0 Å². The summed E-state index contributed by atoms with van der Waals surface area (Å²) in [5.41, 5.74) is 3.62. The summed E-state index contributed by atoms with van der Waals surface area (Å²) in [6.45, 7) is 0. The van der Waals surface area contributed by atoms with Crippen molar-refractivity contribution in [3.05, 3.63) is 40.1 Å². The van der Waals surface area contributed by atoms with Gasteiger partial charge < -0.3 is 8.83 Å². The number of rotatable bonds is 0. The van der Waals surface area contributed by atoms with Crippen molar-refractivity contribution in [1.29, 1.82) is 0 Å². The topological polar surface area (TPSA) is 56.2 Å². The van der Waals surface area contributed by atoms with Crippen molar-refractivity contribution >= 4 is 22.1 Å². The smallest absolute Gasteiger partial charge is 0.339 e. The van der Waals surface area contributed by atoms with Crippen LogP contribution in [-0.2, 0) is 12.8 Å². The molecule has 1 aliphatic rings. The SMILES string of the molecule is O=c1oc2c(ccc3ocnc32)c2c1CCCC2. The Morgan fingerprint density at radius 2 is 1.94 bits per heavy atom. The van der Waals surface area contributed by atoms with Crippen LogP contribution in [0, 0.1) is 0 Å². The number of nitrogens with zero attached hydrogens (tertiary/aromatic N) is 1. The van der Waals surface area contributed by atoms with Gasteiger partial charge in [0, 0.05) is 10.9 Å². The molecule has 0 spiro atoms. The molecule has 2 aromatic heterocycles. The van der Waals surface area contributed by atoms with Gasteiger partial charge >= 0.3 is 5.63 Å². The van der Waals surface area contributed by atoms with Crippen molar-refractivity contribution in [2.24, 2.45) is 0 Å². The third kappa shape index (κ3) is 1.20. The Hall–Kier alpha value is -2.10. The minimum Gasteiger partial charge on any atom is -0.443 e. The Balaban J connectivity index is 2.23. The quantitative estimate of drug-likeness (QED) is 0.568. The molecule has 0 saturated heterocycles. The Bertz CT molecular complexity index is 813. The van der Waals surface area contributed by atoms with Crippen LogP contribution < -0.4 is 5.63 Å². The van der Waals surface area contributed by atoms with Gasteiger partial charge in [0.15, 0.2) is 23.1 Å². The normalized spacial score (nSPS) is 15.1. The number of oxazole rings is 1. The van der Waals surface area contributed by atoms with Crippen LogP contribution in [0.15, 0.2) is 32.2 Å². The third-order valence-corrected chi connectivity index (χ3v) is 3.69. The van der Waals surface area contributed by atoms with Crippen LogP contribution in [-0.4, -0.2) is 4.98 Å². The van der Waals surface area contributed by atoms with Gasteiger partial charge in [-0.3, -0.25) is 0 Å². The van der Waals surface area contributed by atoms with Crippen LogP contribution in [0.1, 0.15) is 24.0 Å². The summed E-state index contributed by atoms with van der Waals surface area (Å²) in [6.07, 6.45) is 5.34. The fourth-order valence-electron chi connectivity index (χ4n) is 2.83. The lowest BCUT2D eigenvalue weighted by Gasteiger charge is -2.15. The van der Waals surface area contributed by atoms with E-state index in [1.54, 1.807) is 0 Å². The fourth-order valence-corrected chi connectivity index (χ4v) is 2.83. The lowest BCUT2D eigenvalue weighted by molar-refractivity contribution is 0.536. The summed E-state index contributed by atoms with van der Waals surface area (Å²) in [5, 5.41) is 1.01. The van der Waals surface area contributed by atoms with Crippen LogP contribution in [0.4, 0.5) is 0 Å². The number of hydrogen-bond donors (Lipinski definition) is 0. The molecule has 4 heteroatoms. The average Bonchev–Trinajstić information content (AvgIpc) is 2.88. The van der Waals surface area contributed by atoms with Crippen LogP contribution in [0.2, 0.25) is 0 Å². The molecule has 4 rings (SSSR count). The van der Waals surface area contributed by atoms with E-state index < -0.39 is 0 Å². The second-order valence-electron chi connectivity index (χ2n) is 4.70. The van der Waals surface area contributed by atoms with Crippen molar-refractivity contribution in [3.63, 3.8) is 0 Å². The molecule has 0 radical (unpaired) electrons. The van der Waals surface area contributed by atoms with Crippen molar-refractivity contribution in [3.8, 4) is 0 Å². The first-order chi connectivity index (χ1) is 8.84. The van der Waals surface area contributed by atoms with E-state index in [9.17, 15) is 4.79 Å². The minimum atomic E-state index is -0.215. The number of hydrogen-bond acceptors (Lipinski definition) is 4. The van der Waals surface area contributed by atoms with Crippen molar-refractivity contribution in [1.82, 2.24) is 4.98 Å². The molecule has 1 aliphatic carbocycles. The molecule has 1 aromatic carbocycles. The van der Waals surface area contributed by atoms with E-state index in [-0.39, 0.29) is 5.63 Å². The molecule has 0 aliphatic heterocycles. The molecule has 0 saturated carbocycles. The highest BCUT2D eigenvalue weighted by atomic mass is 16.4. The van der Waals surface area contributed by atoms with Crippen LogP contribution in [0.3, 0.4) is 0 Å². The summed E-state index contributed by atoms with van der Waals surface area (Å²) in [7, 11) is 0. The first kappa shape index (κ1) is 9.88. The van der Waals surface area contributed by atoms with Gasteiger partial charge in [-0.1, -0.05) is 0 Å². The first-order valence-electron chi connectivity index (χ1n) is 6.15. The maximum atomic E-state index is 12.0. The highest BCUT2D eigenvalue weighted by Gasteiger charge is 2.19. The maximum absolute atomic E-state index is 12.0. The molecular formula is C14H11NO3. The third-order valence-electron chi connectivity index (χ3n) is 3.69. The van der Waals surface area contributed by atoms with Crippen LogP contribution in [0.25, 0.3) is 22.1 Å². The van der Waals surface area contributed by atoms with Gasteiger partial charge in [0.05, 0.1) is 0 Å². The molecule has 18 heavy (non-hydrogen) atoms. The summed E-state index contributed by atoms with van der Waals surface area (Å²) in [5.74, 6) is 0. The lowest BCUT2D eigenvalue weighted by atomic mass is 9.90. The highest BCUT2D eigenvalue weighted by molar-refractivity contribution is 6.00. The summed E-state index contributed by atoms with van der Waals surface area (Å²) in [4.78, 5) is 16.2. The maximum Gasteiger partial charge on any atom is 0.339 e.